The lowest BCUT2D eigenvalue weighted by Gasteiger charge is -2.21. The standard InChI is InChI=1S/C26H30O4/c27-20(15-30-21-12-11-16-5-1-2-6-17(16)14-21)7-3-4-8-22-25(28)23-18-9-10-19(13-18)24(23)26(22)29/h1-2,5-6,11-12,14,18-20,22-24,27H,3-4,7-10,13,15H2. The van der Waals surface area contributed by atoms with Crippen LogP contribution in [0.1, 0.15) is 44.9 Å². The van der Waals surface area contributed by atoms with Crippen LogP contribution in [0.25, 0.3) is 10.8 Å². The molecule has 158 valence electrons. The second-order valence-corrected chi connectivity index (χ2v) is 9.50. The first kappa shape index (κ1) is 19.7. The van der Waals surface area contributed by atoms with Gasteiger partial charge in [-0.05, 0) is 66.8 Å². The molecule has 0 amide bonds. The molecule has 2 aromatic carbocycles. The van der Waals surface area contributed by atoms with Crippen LogP contribution in [0.2, 0.25) is 0 Å². The fourth-order valence-electron chi connectivity index (χ4n) is 6.26. The highest BCUT2D eigenvalue weighted by molar-refractivity contribution is 6.12. The molecule has 5 rings (SSSR count). The third kappa shape index (κ3) is 3.56. The number of ether oxygens (including phenoxy) is 1. The number of ketones is 2. The fraction of sp³-hybridized carbons (Fsp3) is 0.538. The first-order chi connectivity index (χ1) is 14.6. The molecular weight excluding hydrogens is 376 g/mol. The fourth-order valence-corrected chi connectivity index (χ4v) is 6.26. The molecule has 2 bridgehead atoms. The molecular formula is C26H30O4. The molecule has 0 aliphatic heterocycles. The van der Waals surface area contributed by atoms with Crippen molar-refractivity contribution in [2.75, 3.05) is 6.61 Å². The van der Waals surface area contributed by atoms with Gasteiger partial charge in [-0.2, -0.15) is 0 Å². The number of unbranched alkanes of at least 4 members (excludes halogenated alkanes) is 1. The van der Waals surface area contributed by atoms with Crippen LogP contribution in [0.15, 0.2) is 42.5 Å². The van der Waals surface area contributed by atoms with E-state index in [1.54, 1.807) is 0 Å². The molecule has 4 nitrogen and oxygen atoms in total. The summed E-state index contributed by atoms with van der Waals surface area (Å²) < 4.78 is 5.76. The minimum atomic E-state index is -0.540. The lowest BCUT2D eigenvalue weighted by molar-refractivity contribution is -0.129. The van der Waals surface area contributed by atoms with Crippen LogP contribution >= 0.6 is 0 Å². The summed E-state index contributed by atoms with van der Waals surface area (Å²) in [6.07, 6.45) is 5.74. The Balaban J connectivity index is 1.05. The van der Waals surface area contributed by atoms with Crippen LogP contribution in [-0.4, -0.2) is 29.4 Å². The van der Waals surface area contributed by atoms with Gasteiger partial charge in [-0.15, -0.1) is 0 Å². The molecule has 0 spiro atoms. The van der Waals surface area contributed by atoms with Crippen molar-refractivity contribution in [1.82, 2.24) is 0 Å². The van der Waals surface area contributed by atoms with Crippen LogP contribution in [0, 0.1) is 29.6 Å². The van der Waals surface area contributed by atoms with E-state index in [2.05, 4.69) is 6.07 Å². The molecule has 3 aliphatic carbocycles. The molecule has 5 unspecified atom stereocenters. The minimum Gasteiger partial charge on any atom is -0.491 e. The van der Waals surface area contributed by atoms with Gasteiger partial charge in [0.15, 0.2) is 0 Å². The number of hydrogen-bond donors (Lipinski definition) is 1. The largest absolute Gasteiger partial charge is 0.491 e. The van der Waals surface area contributed by atoms with Gasteiger partial charge in [-0.25, -0.2) is 0 Å². The molecule has 2 aromatic rings. The number of hydrogen-bond acceptors (Lipinski definition) is 4. The summed E-state index contributed by atoms with van der Waals surface area (Å²) in [5.74, 6) is 1.91. The van der Waals surface area contributed by atoms with Gasteiger partial charge >= 0.3 is 0 Å². The highest BCUT2D eigenvalue weighted by atomic mass is 16.5. The number of aliphatic hydroxyl groups excluding tert-OH is 1. The maximum absolute atomic E-state index is 12.8. The van der Waals surface area contributed by atoms with Gasteiger partial charge in [0.05, 0.1) is 12.0 Å². The Morgan fingerprint density at radius 1 is 0.933 bits per heavy atom. The molecule has 0 aromatic heterocycles. The predicted molar refractivity (Wildman–Crippen MR) is 115 cm³/mol. The molecule has 0 radical (unpaired) electrons. The summed E-state index contributed by atoms with van der Waals surface area (Å²) in [5.41, 5.74) is 0. The lowest BCUT2D eigenvalue weighted by Crippen LogP contribution is -2.24. The van der Waals surface area contributed by atoms with E-state index in [1.807, 2.05) is 36.4 Å². The number of benzene rings is 2. The number of Topliss-reactive ketones (excluding diaryl/α,β-unsaturated/α-hetero) is 2. The van der Waals surface area contributed by atoms with Crippen LogP contribution < -0.4 is 4.74 Å². The highest BCUT2D eigenvalue weighted by Gasteiger charge is 2.60. The van der Waals surface area contributed by atoms with E-state index >= 15 is 0 Å². The Labute approximate surface area is 177 Å². The molecule has 1 N–H and O–H groups in total. The number of carbonyl (C=O) groups excluding carboxylic acids is 2. The number of aliphatic hydroxyl groups is 1. The van der Waals surface area contributed by atoms with Crippen molar-refractivity contribution in [3.8, 4) is 5.75 Å². The van der Waals surface area contributed by atoms with Crippen molar-refractivity contribution in [2.45, 2.75) is 51.0 Å². The molecule has 3 fully saturated rings. The summed E-state index contributed by atoms with van der Waals surface area (Å²) >= 11 is 0. The first-order valence-electron chi connectivity index (χ1n) is 11.5. The molecule has 5 atom stereocenters. The zero-order valence-corrected chi connectivity index (χ0v) is 17.3. The van der Waals surface area contributed by atoms with E-state index in [0.29, 0.717) is 24.7 Å². The van der Waals surface area contributed by atoms with E-state index < -0.39 is 6.10 Å². The van der Waals surface area contributed by atoms with Crippen molar-refractivity contribution in [1.29, 1.82) is 0 Å². The molecule has 0 heterocycles. The summed E-state index contributed by atoms with van der Waals surface area (Å²) in [6, 6.07) is 14.1. The van der Waals surface area contributed by atoms with Gasteiger partial charge in [-0.1, -0.05) is 43.2 Å². The topological polar surface area (TPSA) is 63.6 Å². The lowest BCUT2D eigenvalue weighted by atomic mass is 9.81. The average Bonchev–Trinajstić information content (AvgIpc) is 3.44. The zero-order chi connectivity index (χ0) is 20.7. The first-order valence-corrected chi connectivity index (χ1v) is 11.5. The van der Waals surface area contributed by atoms with Crippen LogP contribution in [0.4, 0.5) is 0 Å². The van der Waals surface area contributed by atoms with E-state index in [4.69, 9.17) is 4.74 Å². The van der Waals surface area contributed by atoms with Gasteiger partial charge in [0.1, 0.15) is 23.9 Å². The van der Waals surface area contributed by atoms with Crippen molar-refractivity contribution in [3.63, 3.8) is 0 Å². The van der Waals surface area contributed by atoms with Crippen molar-refractivity contribution < 1.29 is 19.4 Å². The summed E-state index contributed by atoms with van der Waals surface area (Å²) in [6.45, 7) is 0.257. The Morgan fingerprint density at radius 3 is 2.37 bits per heavy atom. The van der Waals surface area contributed by atoms with Crippen molar-refractivity contribution >= 4 is 22.3 Å². The number of rotatable bonds is 8. The SMILES string of the molecule is O=C1C(CCCCC(O)COc2ccc3ccccc3c2)C(=O)C2C3CCC(C3)C12. The Kier molecular flexibility index (Phi) is 5.36. The maximum Gasteiger partial charge on any atom is 0.147 e. The summed E-state index contributed by atoms with van der Waals surface area (Å²) in [5, 5.41) is 12.6. The average molecular weight is 407 g/mol. The highest BCUT2D eigenvalue weighted by Crippen LogP contribution is 2.57. The van der Waals surface area contributed by atoms with E-state index in [9.17, 15) is 14.7 Å². The zero-order valence-electron chi connectivity index (χ0n) is 17.3. The smallest absolute Gasteiger partial charge is 0.147 e. The van der Waals surface area contributed by atoms with Gasteiger partial charge in [-0.3, -0.25) is 9.59 Å². The van der Waals surface area contributed by atoms with Crippen LogP contribution in [-0.2, 0) is 9.59 Å². The van der Waals surface area contributed by atoms with E-state index in [-0.39, 0.29) is 35.9 Å². The quantitative estimate of drug-likeness (QED) is 0.515. The Morgan fingerprint density at radius 2 is 1.63 bits per heavy atom. The monoisotopic (exact) mass is 406 g/mol. The number of carbonyl (C=O) groups is 2. The predicted octanol–water partition coefficient (Wildman–Crippen LogP) is 4.57. The van der Waals surface area contributed by atoms with Crippen LogP contribution in [0.5, 0.6) is 5.75 Å². The van der Waals surface area contributed by atoms with Crippen molar-refractivity contribution in [3.05, 3.63) is 42.5 Å². The van der Waals surface area contributed by atoms with E-state index in [1.165, 1.54) is 5.39 Å². The third-order valence-corrected chi connectivity index (χ3v) is 7.70. The third-order valence-electron chi connectivity index (χ3n) is 7.70. The normalized spacial score (nSPS) is 30.8. The second-order valence-electron chi connectivity index (χ2n) is 9.50. The van der Waals surface area contributed by atoms with Gasteiger partial charge in [0.2, 0.25) is 0 Å². The van der Waals surface area contributed by atoms with Gasteiger partial charge in [0.25, 0.3) is 0 Å². The molecule has 0 saturated heterocycles. The van der Waals surface area contributed by atoms with Crippen molar-refractivity contribution in [2.24, 2.45) is 29.6 Å². The summed E-state index contributed by atoms with van der Waals surface area (Å²) in [4.78, 5) is 25.6. The minimum absolute atomic E-state index is 0.0437. The van der Waals surface area contributed by atoms with E-state index in [0.717, 1.165) is 43.2 Å². The summed E-state index contributed by atoms with van der Waals surface area (Å²) in [7, 11) is 0. The van der Waals surface area contributed by atoms with Gasteiger partial charge in [0, 0.05) is 11.8 Å². The molecule has 3 aliphatic rings. The van der Waals surface area contributed by atoms with Crippen LogP contribution in [0.3, 0.4) is 0 Å². The number of fused-ring (bicyclic) bond motifs is 6. The maximum atomic E-state index is 12.8. The molecule has 30 heavy (non-hydrogen) atoms. The molecule has 3 saturated carbocycles. The Bertz CT molecular complexity index is 923. The molecule has 4 heteroatoms. The van der Waals surface area contributed by atoms with Gasteiger partial charge < -0.3 is 9.84 Å². The Hall–Kier alpha value is -2.20. The second kappa shape index (κ2) is 8.14.